The van der Waals surface area contributed by atoms with Crippen LogP contribution in [0.25, 0.3) is 0 Å². The van der Waals surface area contributed by atoms with Crippen LogP contribution in [0.4, 0.5) is 22.3 Å². The smallest absolute Gasteiger partial charge is 0.418 e. The van der Waals surface area contributed by atoms with Crippen molar-refractivity contribution in [1.82, 2.24) is 0 Å². The van der Waals surface area contributed by atoms with E-state index in [9.17, 15) is 17.3 Å². The second-order valence-corrected chi connectivity index (χ2v) is 3.47. The first-order valence-corrected chi connectivity index (χ1v) is 4.82. The van der Waals surface area contributed by atoms with E-state index in [1.807, 2.05) is 24.8 Å². The summed E-state index contributed by atoms with van der Waals surface area (Å²) in [5, 5.41) is 3.36. The minimum absolute atomic E-state index is 1.22. The van der Waals surface area contributed by atoms with Gasteiger partial charge in [-0.25, -0.2) is 9.89 Å². The van der Waals surface area contributed by atoms with E-state index < -0.39 is 7.25 Å². The molecule has 1 N–H and O–H groups in total. The third-order valence-electron chi connectivity index (χ3n) is 1.36. The van der Waals surface area contributed by atoms with Crippen molar-refractivity contribution in [3.8, 4) is 0 Å². The van der Waals surface area contributed by atoms with Crippen molar-refractivity contribution in [3.05, 3.63) is 29.9 Å². The number of thiophene rings is 1. The fraction of sp³-hybridized carbons (Fsp3) is 0. The van der Waals surface area contributed by atoms with Gasteiger partial charge in [-0.3, -0.25) is 0 Å². The molecule has 0 amide bonds. The van der Waals surface area contributed by atoms with Crippen LogP contribution in [0.15, 0.2) is 34.9 Å². The fourth-order valence-corrected chi connectivity index (χ4v) is 1.60. The lowest BCUT2D eigenvalue weighted by Crippen LogP contribution is -2.99. The quantitative estimate of drug-likeness (QED) is 0.569. The van der Waals surface area contributed by atoms with Crippen molar-refractivity contribution in [2.24, 2.45) is 4.99 Å². The van der Waals surface area contributed by atoms with Gasteiger partial charge >= 0.3 is 7.25 Å². The Morgan fingerprint density at radius 2 is 1.93 bits per heavy atom. The van der Waals surface area contributed by atoms with Crippen molar-refractivity contribution in [1.29, 1.82) is 0 Å². The van der Waals surface area contributed by atoms with Crippen LogP contribution < -0.4 is 4.90 Å². The van der Waals surface area contributed by atoms with Crippen LogP contribution in [0.2, 0.25) is 0 Å². The number of hydrogen-bond donors (Lipinski definition) is 1. The topological polar surface area (TPSA) is 16.8 Å². The molecule has 2 rings (SSSR count). The summed E-state index contributed by atoms with van der Waals surface area (Å²) in [6.07, 6.45) is 5.72. The molecule has 1 aliphatic heterocycles. The summed E-state index contributed by atoms with van der Waals surface area (Å²) in [6.45, 7) is 0. The first-order valence-electron chi connectivity index (χ1n) is 3.95. The molecule has 82 valence electrons. The zero-order chi connectivity index (χ0) is 11.3. The molecule has 0 aromatic carbocycles. The maximum absolute atomic E-state index is 9.75. The molecule has 1 aromatic heterocycles. The maximum Gasteiger partial charge on any atom is 0.673 e. The molecule has 0 saturated heterocycles. The molecule has 0 radical (unpaired) electrons. The lowest BCUT2D eigenvalue weighted by Gasteiger charge is -1.97. The van der Waals surface area contributed by atoms with Crippen LogP contribution in [0.5, 0.6) is 0 Å². The van der Waals surface area contributed by atoms with Gasteiger partial charge in [0.25, 0.3) is 0 Å². The minimum atomic E-state index is -6.00. The lowest BCUT2D eigenvalue weighted by molar-refractivity contribution is -0.651. The van der Waals surface area contributed by atoms with Crippen LogP contribution in [0, 0.1) is 0 Å². The maximum atomic E-state index is 9.75. The Hall–Kier alpha value is -1.15. The van der Waals surface area contributed by atoms with Gasteiger partial charge in [-0.1, -0.05) is 11.3 Å². The van der Waals surface area contributed by atoms with Gasteiger partial charge in [-0.2, -0.15) is 0 Å². The molecule has 15 heavy (non-hydrogen) atoms. The van der Waals surface area contributed by atoms with Crippen molar-refractivity contribution < 1.29 is 22.2 Å². The van der Waals surface area contributed by atoms with Gasteiger partial charge < -0.3 is 17.3 Å². The van der Waals surface area contributed by atoms with Gasteiger partial charge in [0.15, 0.2) is 11.3 Å². The Kier molecular flexibility index (Phi) is 4.04. The van der Waals surface area contributed by atoms with E-state index in [2.05, 4.69) is 16.4 Å². The SMILES string of the molecule is C1=C[NH+](c2cccs2)C=N1.F[B-](F)(F)F. The highest BCUT2D eigenvalue weighted by Crippen LogP contribution is 2.09. The summed E-state index contributed by atoms with van der Waals surface area (Å²) >= 11 is 1.74. The van der Waals surface area contributed by atoms with Gasteiger partial charge in [-0.15, -0.1) is 0 Å². The number of aliphatic imine (C=N–C) groups is 1. The molecule has 2 nitrogen and oxygen atoms in total. The number of nitrogens with one attached hydrogen (secondary N) is 1. The highest BCUT2D eigenvalue weighted by Gasteiger charge is 2.20. The molecule has 2 heterocycles. The second kappa shape index (κ2) is 5.08. The first kappa shape index (κ1) is 11.9. The molecule has 8 heteroatoms. The Balaban J connectivity index is 0.000000195. The summed E-state index contributed by atoms with van der Waals surface area (Å²) in [5.74, 6) is 0. The molecule has 1 atom stereocenters. The Bertz CT molecular complexity index is 328. The Morgan fingerprint density at radius 1 is 1.27 bits per heavy atom. The van der Waals surface area contributed by atoms with Gasteiger partial charge in [-0.05, 0) is 11.4 Å². The number of halogens is 4. The predicted octanol–water partition coefficient (Wildman–Crippen LogP) is 2.08. The molecule has 0 bridgehead atoms. The summed E-state index contributed by atoms with van der Waals surface area (Å²) in [5.41, 5.74) is 0. The van der Waals surface area contributed by atoms with E-state index in [1.165, 1.54) is 9.90 Å². The van der Waals surface area contributed by atoms with Crippen LogP contribution >= 0.6 is 11.3 Å². The van der Waals surface area contributed by atoms with Gasteiger partial charge in [0.1, 0.15) is 6.20 Å². The number of rotatable bonds is 1. The summed E-state index contributed by atoms with van der Waals surface area (Å²) < 4.78 is 39.0. The van der Waals surface area contributed by atoms with Crippen LogP contribution in [0.1, 0.15) is 0 Å². The van der Waals surface area contributed by atoms with E-state index in [0.29, 0.717) is 0 Å². The summed E-state index contributed by atoms with van der Waals surface area (Å²) in [6, 6.07) is 4.15. The van der Waals surface area contributed by atoms with Crippen LogP contribution in [0.3, 0.4) is 0 Å². The highest BCUT2D eigenvalue weighted by atomic mass is 32.1. The van der Waals surface area contributed by atoms with Gasteiger partial charge in [0, 0.05) is 6.07 Å². The predicted molar refractivity (Wildman–Crippen MR) is 52.8 cm³/mol. The van der Waals surface area contributed by atoms with E-state index in [1.54, 1.807) is 11.3 Å². The van der Waals surface area contributed by atoms with Gasteiger partial charge in [0.05, 0.1) is 6.20 Å². The first-order chi connectivity index (χ1) is 6.97. The highest BCUT2D eigenvalue weighted by molar-refractivity contribution is 7.13. The van der Waals surface area contributed by atoms with E-state index >= 15 is 0 Å². The molecule has 1 unspecified atom stereocenters. The molecule has 0 aliphatic carbocycles. The largest absolute Gasteiger partial charge is 0.673 e. The molecule has 0 spiro atoms. The lowest BCUT2D eigenvalue weighted by atomic mass is 10.3. The summed E-state index contributed by atoms with van der Waals surface area (Å²) in [4.78, 5) is 5.20. The average Bonchev–Trinajstić information content (AvgIpc) is 2.73. The monoisotopic (exact) mass is 238 g/mol. The average molecular weight is 238 g/mol. The third-order valence-corrected chi connectivity index (χ3v) is 2.28. The molecular weight excluding hydrogens is 231 g/mol. The number of nitrogens with zero attached hydrogens (tertiary/aromatic N) is 1. The standard InChI is InChI=1S/C7H6N2S.BF4/c1-2-7(10-5-1)9-4-3-8-6-9;2-1(3,4)5/h1-6H;/q;-1/p+1. The Morgan fingerprint density at radius 3 is 2.33 bits per heavy atom. The van der Waals surface area contributed by atoms with Crippen molar-refractivity contribution >= 4 is 29.9 Å². The van der Waals surface area contributed by atoms with Crippen LogP contribution in [-0.2, 0) is 0 Å². The van der Waals surface area contributed by atoms with E-state index in [-0.39, 0.29) is 0 Å². The molecule has 0 saturated carbocycles. The van der Waals surface area contributed by atoms with Crippen molar-refractivity contribution in [2.75, 3.05) is 0 Å². The van der Waals surface area contributed by atoms with Crippen LogP contribution in [-0.4, -0.2) is 13.6 Å². The Labute approximate surface area is 87.6 Å². The second-order valence-electron chi connectivity index (χ2n) is 2.52. The van der Waals surface area contributed by atoms with Crippen molar-refractivity contribution in [3.63, 3.8) is 0 Å². The summed E-state index contributed by atoms with van der Waals surface area (Å²) in [7, 11) is -6.00. The third kappa shape index (κ3) is 5.33. The minimum Gasteiger partial charge on any atom is -0.418 e. The van der Waals surface area contributed by atoms with Gasteiger partial charge in [0.2, 0.25) is 0 Å². The van der Waals surface area contributed by atoms with E-state index in [4.69, 9.17) is 0 Å². The zero-order valence-electron chi connectivity index (χ0n) is 7.41. The number of quaternary nitrogens is 1. The fourth-order valence-electron chi connectivity index (χ4n) is 0.878. The molecule has 0 fully saturated rings. The zero-order valence-corrected chi connectivity index (χ0v) is 8.23. The normalized spacial score (nSPS) is 18.8. The molecule has 1 aliphatic rings. The van der Waals surface area contributed by atoms with Crippen molar-refractivity contribution in [2.45, 2.75) is 0 Å². The number of hydrogen-bond acceptors (Lipinski definition) is 2. The molecule has 1 aromatic rings. The van der Waals surface area contributed by atoms with E-state index in [0.717, 1.165) is 0 Å². The molecular formula is C7H7BF4N2S.